The Hall–Kier alpha value is -3.08. The summed E-state index contributed by atoms with van der Waals surface area (Å²) in [7, 11) is 1.61. The van der Waals surface area contributed by atoms with Crippen molar-refractivity contribution in [2.24, 2.45) is 0 Å². The maximum atomic E-state index is 12.2. The Morgan fingerprint density at radius 3 is 2.83 bits per heavy atom. The standard InChI is InChI=1S/C19H18N2O3/c1-13-8-15(6-7-17(13)18-11-20-12-24-18)21-19(22)10-14-4-3-5-16(9-14)23-2/h3-9,11-12H,10H2,1-2H3,(H,21,22). The van der Waals surface area contributed by atoms with Crippen LogP contribution in [0.25, 0.3) is 11.3 Å². The van der Waals surface area contributed by atoms with Gasteiger partial charge in [-0.05, 0) is 48.4 Å². The predicted octanol–water partition coefficient (Wildman–Crippen LogP) is 3.84. The van der Waals surface area contributed by atoms with Crippen LogP contribution in [0.4, 0.5) is 5.69 Å². The molecule has 1 N–H and O–H groups in total. The molecule has 5 heteroatoms. The fourth-order valence-electron chi connectivity index (χ4n) is 2.54. The number of carbonyl (C=O) groups excluding carboxylic acids is 1. The van der Waals surface area contributed by atoms with E-state index in [1.54, 1.807) is 13.3 Å². The van der Waals surface area contributed by atoms with Gasteiger partial charge in [0.05, 0.1) is 19.7 Å². The third-order valence-electron chi connectivity index (χ3n) is 3.71. The molecule has 5 nitrogen and oxygen atoms in total. The lowest BCUT2D eigenvalue weighted by atomic mass is 10.1. The highest BCUT2D eigenvalue weighted by Gasteiger charge is 2.09. The minimum absolute atomic E-state index is 0.0740. The number of benzene rings is 2. The third-order valence-corrected chi connectivity index (χ3v) is 3.71. The van der Waals surface area contributed by atoms with Gasteiger partial charge in [0.25, 0.3) is 0 Å². The molecule has 2 aromatic carbocycles. The first-order valence-electron chi connectivity index (χ1n) is 7.58. The molecule has 0 atom stereocenters. The SMILES string of the molecule is COc1cccc(CC(=O)Nc2ccc(-c3cnco3)c(C)c2)c1. The molecule has 0 saturated carbocycles. The lowest BCUT2D eigenvalue weighted by Crippen LogP contribution is -2.14. The van der Waals surface area contributed by atoms with Crippen LogP contribution in [-0.4, -0.2) is 18.0 Å². The zero-order valence-electron chi connectivity index (χ0n) is 13.6. The minimum atomic E-state index is -0.0740. The number of hydrogen-bond donors (Lipinski definition) is 1. The number of nitrogens with one attached hydrogen (secondary N) is 1. The Balaban J connectivity index is 1.69. The van der Waals surface area contributed by atoms with E-state index in [4.69, 9.17) is 9.15 Å². The number of carbonyl (C=O) groups is 1. The van der Waals surface area contributed by atoms with E-state index in [-0.39, 0.29) is 5.91 Å². The van der Waals surface area contributed by atoms with Gasteiger partial charge in [-0.3, -0.25) is 4.79 Å². The second-order valence-corrected chi connectivity index (χ2v) is 5.47. The summed E-state index contributed by atoms with van der Waals surface area (Å²) < 4.78 is 10.5. The Bertz CT molecular complexity index is 842. The van der Waals surface area contributed by atoms with Crippen LogP contribution in [0.1, 0.15) is 11.1 Å². The van der Waals surface area contributed by atoms with E-state index >= 15 is 0 Å². The molecule has 0 spiro atoms. The average Bonchev–Trinajstić information content (AvgIpc) is 3.09. The summed E-state index contributed by atoms with van der Waals surface area (Å²) in [6, 6.07) is 13.2. The largest absolute Gasteiger partial charge is 0.497 e. The summed E-state index contributed by atoms with van der Waals surface area (Å²) in [6.45, 7) is 1.97. The molecule has 24 heavy (non-hydrogen) atoms. The van der Waals surface area contributed by atoms with Gasteiger partial charge in [0.1, 0.15) is 5.75 Å². The lowest BCUT2D eigenvalue weighted by molar-refractivity contribution is -0.115. The number of nitrogens with zero attached hydrogens (tertiary/aromatic N) is 1. The lowest BCUT2D eigenvalue weighted by Gasteiger charge is -2.09. The van der Waals surface area contributed by atoms with Gasteiger partial charge < -0.3 is 14.5 Å². The number of ether oxygens (including phenoxy) is 1. The van der Waals surface area contributed by atoms with Gasteiger partial charge in [-0.15, -0.1) is 0 Å². The van der Waals surface area contributed by atoms with Gasteiger partial charge in [0, 0.05) is 11.3 Å². The van der Waals surface area contributed by atoms with E-state index in [1.807, 2.05) is 49.4 Å². The van der Waals surface area contributed by atoms with Crippen LogP contribution < -0.4 is 10.1 Å². The number of rotatable bonds is 5. The quantitative estimate of drug-likeness (QED) is 0.775. The molecule has 1 aromatic heterocycles. The molecule has 0 aliphatic rings. The van der Waals surface area contributed by atoms with Crippen LogP contribution in [0.3, 0.4) is 0 Å². The Labute approximate surface area is 140 Å². The molecule has 3 rings (SSSR count). The molecule has 0 bridgehead atoms. The maximum Gasteiger partial charge on any atom is 0.228 e. The summed E-state index contributed by atoms with van der Waals surface area (Å²) in [5.41, 5.74) is 3.62. The van der Waals surface area contributed by atoms with Gasteiger partial charge in [0.15, 0.2) is 12.2 Å². The monoisotopic (exact) mass is 322 g/mol. The second-order valence-electron chi connectivity index (χ2n) is 5.47. The molecular formula is C19H18N2O3. The summed E-state index contributed by atoms with van der Waals surface area (Å²) in [5, 5.41) is 2.92. The summed E-state index contributed by atoms with van der Waals surface area (Å²) in [6.07, 6.45) is 3.36. The Morgan fingerprint density at radius 2 is 2.12 bits per heavy atom. The number of anilines is 1. The first-order chi connectivity index (χ1) is 11.7. The first kappa shape index (κ1) is 15.8. The van der Waals surface area contributed by atoms with Gasteiger partial charge in [-0.25, -0.2) is 4.98 Å². The van der Waals surface area contributed by atoms with E-state index < -0.39 is 0 Å². The number of amides is 1. The second kappa shape index (κ2) is 7.00. The van der Waals surface area contributed by atoms with Gasteiger partial charge >= 0.3 is 0 Å². The molecule has 3 aromatic rings. The highest BCUT2D eigenvalue weighted by Crippen LogP contribution is 2.25. The van der Waals surface area contributed by atoms with Crippen LogP contribution in [0, 0.1) is 6.92 Å². The highest BCUT2D eigenvalue weighted by atomic mass is 16.5. The number of oxazole rings is 1. The molecular weight excluding hydrogens is 304 g/mol. The molecule has 122 valence electrons. The number of aryl methyl sites for hydroxylation is 1. The molecule has 0 radical (unpaired) electrons. The van der Waals surface area contributed by atoms with Crippen molar-refractivity contribution in [3.63, 3.8) is 0 Å². The third kappa shape index (κ3) is 3.63. The fraction of sp³-hybridized carbons (Fsp3) is 0.158. The Morgan fingerprint density at radius 1 is 1.25 bits per heavy atom. The fourth-order valence-corrected chi connectivity index (χ4v) is 2.54. The van der Waals surface area contributed by atoms with E-state index in [2.05, 4.69) is 10.3 Å². The van der Waals surface area contributed by atoms with Crippen LogP contribution in [-0.2, 0) is 11.2 Å². The van der Waals surface area contributed by atoms with Crippen molar-refractivity contribution in [3.8, 4) is 17.1 Å². The number of methoxy groups -OCH3 is 1. The van der Waals surface area contributed by atoms with Crippen molar-refractivity contribution in [2.45, 2.75) is 13.3 Å². The first-order valence-corrected chi connectivity index (χ1v) is 7.58. The van der Waals surface area contributed by atoms with Crippen molar-refractivity contribution in [1.82, 2.24) is 4.98 Å². The molecule has 0 fully saturated rings. The molecule has 0 unspecified atom stereocenters. The summed E-state index contributed by atoms with van der Waals surface area (Å²) in [4.78, 5) is 16.2. The van der Waals surface area contributed by atoms with Gasteiger partial charge in [-0.2, -0.15) is 0 Å². The van der Waals surface area contributed by atoms with Crippen molar-refractivity contribution >= 4 is 11.6 Å². The maximum absolute atomic E-state index is 12.2. The van der Waals surface area contributed by atoms with Crippen LogP contribution >= 0.6 is 0 Å². The normalized spacial score (nSPS) is 10.4. The van der Waals surface area contributed by atoms with Crippen LogP contribution in [0.15, 0.2) is 59.5 Å². The molecule has 1 heterocycles. The van der Waals surface area contributed by atoms with Crippen LogP contribution in [0.5, 0.6) is 5.75 Å². The summed E-state index contributed by atoms with van der Waals surface area (Å²) >= 11 is 0. The molecule has 0 saturated heterocycles. The van der Waals surface area contributed by atoms with E-state index in [1.165, 1.54) is 6.39 Å². The van der Waals surface area contributed by atoms with Crippen molar-refractivity contribution < 1.29 is 13.9 Å². The van der Waals surface area contributed by atoms with Crippen molar-refractivity contribution in [1.29, 1.82) is 0 Å². The molecule has 1 amide bonds. The number of aromatic nitrogens is 1. The topological polar surface area (TPSA) is 64.4 Å². The summed E-state index contributed by atoms with van der Waals surface area (Å²) in [5.74, 6) is 1.38. The van der Waals surface area contributed by atoms with E-state index in [0.717, 1.165) is 28.1 Å². The average molecular weight is 322 g/mol. The van der Waals surface area contributed by atoms with Gasteiger partial charge in [-0.1, -0.05) is 12.1 Å². The minimum Gasteiger partial charge on any atom is -0.497 e. The smallest absolute Gasteiger partial charge is 0.228 e. The zero-order chi connectivity index (χ0) is 16.9. The van der Waals surface area contributed by atoms with E-state index in [0.29, 0.717) is 12.2 Å². The molecule has 0 aliphatic carbocycles. The number of hydrogen-bond acceptors (Lipinski definition) is 4. The zero-order valence-corrected chi connectivity index (χ0v) is 13.6. The van der Waals surface area contributed by atoms with Crippen molar-refractivity contribution in [3.05, 3.63) is 66.2 Å². The Kier molecular flexibility index (Phi) is 4.61. The highest BCUT2D eigenvalue weighted by molar-refractivity contribution is 5.92. The van der Waals surface area contributed by atoms with Crippen LogP contribution in [0.2, 0.25) is 0 Å². The van der Waals surface area contributed by atoms with E-state index in [9.17, 15) is 4.79 Å². The van der Waals surface area contributed by atoms with Crippen molar-refractivity contribution in [2.75, 3.05) is 12.4 Å². The van der Waals surface area contributed by atoms with Gasteiger partial charge in [0.2, 0.25) is 5.91 Å². The predicted molar refractivity (Wildman–Crippen MR) is 92.0 cm³/mol. The molecule has 0 aliphatic heterocycles.